The third kappa shape index (κ3) is 3.85. The second-order valence-corrected chi connectivity index (χ2v) is 3.91. The number of aromatic nitrogens is 1. The number of carbonyl (C=O) groups excluding carboxylic acids is 1. The third-order valence-electron chi connectivity index (χ3n) is 2.67. The average Bonchev–Trinajstić information content (AvgIpc) is 2.60. The minimum absolute atomic E-state index is 0.193. The van der Waals surface area contributed by atoms with Gasteiger partial charge < -0.3 is 9.26 Å². The van der Waals surface area contributed by atoms with Crippen LogP contribution in [-0.2, 0) is 16.1 Å². The Bertz CT molecular complexity index is 354. The molecule has 17 heavy (non-hydrogen) atoms. The van der Waals surface area contributed by atoms with Crippen molar-refractivity contribution in [2.75, 3.05) is 19.7 Å². The molecule has 0 aliphatic carbocycles. The lowest BCUT2D eigenvalue weighted by Crippen LogP contribution is -2.30. The molecule has 0 radical (unpaired) electrons. The molecule has 0 aromatic carbocycles. The molecule has 0 spiro atoms. The zero-order chi connectivity index (χ0) is 12.8. The van der Waals surface area contributed by atoms with Gasteiger partial charge in [-0.3, -0.25) is 9.69 Å². The average molecular weight is 240 g/mol. The molecule has 0 saturated heterocycles. The number of nitrogens with zero attached hydrogens (tertiary/aromatic N) is 2. The lowest BCUT2D eigenvalue weighted by Gasteiger charge is -2.18. The maximum absolute atomic E-state index is 11.4. The summed E-state index contributed by atoms with van der Waals surface area (Å²) in [6.45, 7) is 9.77. The van der Waals surface area contributed by atoms with Gasteiger partial charge >= 0.3 is 5.97 Å². The second kappa shape index (κ2) is 6.39. The van der Waals surface area contributed by atoms with Gasteiger partial charge in [-0.05, 0) is 27.3 Å². The smallest absolute Gasteiger partial charge is 0.320 e. The molecule has 1 rings (SSSR count). The van der Waals surface area contributed by atoms with Gasteiger partial charge in [-0.2, -0.15) is 0 Å². The van der Waals surface area contributed by atoms with Crippen molar-refractivity contribution >= 4 is 5.97 Å². The highest BCUT2D eigenvalue weighted by Crippen LogP contribution is 2.14. The van der Waals surface area contributed by atoms with E-state index >= 15 is 0 Å². The third-order valence-corrected chi connectivity index (χ3v) is 2.67. The summed E-state index contributed by atoms with van der Waals surface area (Å²) in [6, 6.07) is 0. The van der Waals surface area contributed by atoms with Crippen LogP contribution in [0.5, 0.6) is 0 Å². The largest absolute Gasteiger partial charge is 0.465 e. The molecule has 0 aliphatic heterocycles. The lowest BCUT2D eigenvalue weighted by molar-refractivity contribution is -0.144. The monoisotopic (exact) mass is 240 g/mol. The summed E-state index contributed by atoms with van der Waals surface area (Å²) in [7, 11) is 0. The fraction of sp³-hybridized carbons (Fsp3) is 0.667. The molecule has 5 nitrogen and oxygen atoms in total. The van der Waals surface area contributed by atoms with Gasteiger partial charge in [0.05, 0.1) is 18.8 Å². The number of ether oxygens (including phenoxy) is 1. The molecular formula is C12H20N2O3. The van der Waals surface area contributed by atoms with E-state index in [4.69, 9.17) is 9.26 Å². The van der Waals surface area contributed by atoms with Gasteiger partial charge in [-0.15, -0.1) is 0 Å². The van der Waals surface area contributed by atoms with E-state index in [-0.39, 0.29) is 5.97 Å². The van der Waals surface area contributed by atoms with Crippen LogP contribution >= 0.6 is 0 Å². The molecule has 0 amide bonds. The summed E-state index contributed by atoms with van der Waals surface area (Å²) < 4.78 is 10.0. The van der Waals surface area contributed by atoms with Crippen LogP contribution in [0.25, 0.3) is 0 Å². The number of aryl methyl sites for hydroxylation is 2. The van der Waals surface area contributed by atoms with Crippen molar-refractivity contribution in [3.63, 3.8) is 0 Å². The van der Waals surface area contributed by atoms with Crippen molar-refractivity contribution in [2.24, 2.45) is 0 Å². The van der Waals surface area contributed by atoms with Crippen molar-refractivity contribution in [1.29, 1.82) is 0 Å². The predicted octanol–water partition coefficient (Wildman–Crippen LogP) is 1.68. The van der Waals surface area contributed by atoms with E-state index in [1.807, 2.05) is 32.6 Å². The quantitative estimate of drug-likeness (QED) is 0.708. The number of hydrogen-bond donors (Lipinski definition) is 0. The summed E-state index contributed by atoms with van der Waals surface area (Å²) in [6.07, 6.45) is 0. The van der Waals surface area contributed by atoms with Crippen molar-refractivity contribution < 1.29 is 14.1 Å². The van der Waals surface area contributed by atoms with Gasteiger partial charge in [0.2, 0.25) is 0 Å². The van der Waals surface area contributed by atoms with Crippen LogP contribution in [0.15, 0.2) is 4.52 Å². The Morgan fingerprint density at radius 2 is 2.12 bits per heavy atom. The summed E-state index contributed by atoms with van der Waals surface area (Å²) in [5.74, 6) is 0.617. The Balaban J connectivity index is 2.61. The molecule has 96 valence electrons. The molecule has 0 fully saturated rings. The number of hydrogen-bond acceptors (Lipinski definition) is 5. The van der Waals surface area contributed by atoms with Crippen molar-refractivity contribution in [1.82, 2.24) is 10.1 Å². The fourth-order valence-corrected chi connectivity index (χ4v) is 1.62. The second-order valence-electron chi connectivity index (χ2n) is 3.91. The molecule has 1 heterocycles. The molecule has 1 aromatic heterocycles. The van der Waals surface area contributed by atoms with Gasteiger partial charge in [-0.25, -0.2) is 0 Å². The predicted molar refractivity (Wildman–Crippen MR) is 63.6 cm³/mol. The zero-order valence-electron chi connectivity index (χ0n) is 10.9. The molecule has 0 bridgehead atoms. The first-order valence-electron chi connectivity index (χ1n) is 5.88. The summed E-state index contributed by atoms with van der Waals surface area (Å²) in [5, 5.41) is 3.90. The molecule has 0 saturated carbocycles. The molecule has 5 heteroatoms. The first-order valence-corrected chi connectivity index (χ1v) is 5.88. The summed E-state index contributed by atoms with van der Waals surface area (Å²) in [5.41, 5.74) is 1.93. The maximum atomic E-state index is 11.4. The van der Waals surface area contributed by atoms with E-state index in [1.165, 1.54) is 0 Å². The molecule has 1 aromatic rings. The minimum Gasteiger partial charge on any atom is -0.465 e. The minimum atomic E-state index is -0.193. The van der Waals surface area contributed by atoms with Crippen LogP contribution in [0.2, 0.25) is 0 Å². The van der Waals surface area contributed by atoms with E-state index in [0.29, 0.717) is 19.7 Å². The Labute approximate surface area is 102 Å². The maximum Gasteiger partial charge on any atom is 0.320 e. The Kier molecular flexibility index (Phi) is 5.15. The fourth-order valence-electron chi connectivity index (χ4n) is 1.62. The van der Waals surface area contributed by atoms with E-state index in [2.05, 4.69) is 5.16 Å². The van der Waals surface area contributed by atoms with Crippen LogP contribution in [0.4, 0.5) is 0 Å². The first kappa shape index (κ1) is 13.7. The van der Waals surface area contributed by atoms with Gasteiger partial charge in [0, 0.05) is 12.1 Å². The van der Waals surface area contributed by atoms with Crippen molar-refractivity contribution in [2.45, 2.75) is 34.2 Å². The summed E-state index contributed by atoms with van der Waals surface area (Å²) >= 11 is 0. The SMILES string of the molecule is CCOC(=O)CN(CC)Cc1c(C)noc1C. The highest BCUT2D eigenvalue weighted by molar-refractivity contribution is 5.71. The molecule has 0 atom stereocenters. The van der Waals surface area contributed by atoms with Crippen LogP contribution < -0.4 is 0 Å². The lowest BCUT2D eigenvalue weighted by atomic mass is 10.2. The first-order chi connectivity index (χ1) is 8.08. The van der Waals surface area contributed by atoms with Gasteiger partial charge in [0.15, 0.2) is 0 Å². The number of carbonyl (C=O) groups is 1. The van der Waals surface area contributed by atoms with Crippen molar-refractivity contribution in [3.05, 3.63) is 17.0 Å². The van der Waals surface area contributed by atoms with E-state index in [1.54, 1.807) is 0 Å². The molecule has 0 aliphatic rings. The van der Waals surface area contributed by atoms with Crippen LogP contribution in [0.3, 0.4) is 0 Å². The Morgan fingerprint density at radius 1 is 1.41 bits per heavy atom. The highest BCUT2D eigenvalue weighted by atomic mass is 16.5. The number of esters is 1. The van der Waals surface area contributed by atoms with Crippen molar-refractivity contribution in [3.8, 4) is 0 Å². The topological polar surface area (TPSA) is 55.6 Å². The molecular weight excluding hydrogens is 220 g/mol. The zero-order valence-corrected chi connectivity index (χ0v) is 10.9. The number of likely N-dealkylation sites (N-methyl/N-ethyl adjacent to an activating group) is 1. The highest BCUT2D eigenvalue weighted by Gasteiger charge is 2.15. The summed E-state index contributed by atoms with van der Waals surface area (Å²) in [4.78, 5) is 13.4. The van der Waals surface area contributed by atoms with E-state index in [0.717, 1.165) is 23.6 Å². The van der Waals surface area contributed by atoms with E-state index < -0.39 is 0 Å². The van der Waals surface area contributed by atoms with Gasteiger partial charge in [0.25, 0.3) is 0 Å². The van der Waals surface area contributed by atoms with Gasteiger partial charge in [0.1, 0.15) is 5.76 Å². The van der Waals surface area contributed by atoms with Crippen LogP contribution in [0.1, 0.15) is 30.9 Å². The Hall–Kier alpha value is -1.36. The normalized spacial score (nSPS) is 10.9. The molecule has 0 N–H and O–H groups in total. The Morgan fingerprint density at radius 3 is 2.59 bits per heavy atom. The van der Waals surface area contributed by atoms with Crippen LogP contribution in [-0.4, -0.2) is 35.7 Å². The molecule has 0 unspecified atom stereocenters. The number of rotatable bonds is 6. The standard InChI is InChI=1S/C12H20N2O3/c1-5-14(8-12(15)16-6-2)7-11-9(3)13-17-10(11)4/h5-8H2,1-4H3. The van der Waals surface area contributed by atoms with Crippen LogP contribution in [0, 0.1) is 13.8 Å². The van der Waals surface area contributed by atoms with Gasteiger partial charge in [-0.1, -0.05) is 12.1 Å². The van der Waals surface area contributed by atoms with E-state index in [9.17, 15) is 4.79 Å².